The highest BCUT2D eigenvalue weighted by atomic mass is 79.9. The first-order valence-corrected chi connectivity index (χ1v) is 6.12. The molecule has 0 amide bonds. The van der Waals surface area contributed by atoms with E-state index in [-0.39, 0.29) is 18.0 Å². The summed E-state index contributed by atoms with van der Waals surface area (Å²) in [5.41, 5.74) is 0.170. The monoisotopic (exact) mass is 316 g/mol. The average Bonchev–Trinajstić information content (AvgIpc) is 2.28. The lowest BCUT2D eigenvalue weighted by Crippen LogP contribution is -2.28. The maximum absolute atomic E-state index is 11.4. The van der Waals surface area contributed by atoms with Gasteiger partial charge in [-0.05, 0) is 41.9 Å². The second-order valence-electron chi connectivity index (χ2n) is 3.51. The Labute approximate surface area is 113 Å². The SMILES string of the molecule is CCOC(=O)[C@H](C)Nc1cccc(Br)c1[N+](=O)[O-]. The summed E-state index contributed by atoms with van der Waals surface area (Å²) < 4.78 is 5.18. The van der Waals surface area contributed by atoms with Gasteiger partial charge < -0.3 is 10.1 Å². The van der Waals surface area contributed by atoms with Gasteiger partial charge in [0.25, 0.3) is 0 Å². The summed E-state index contributed by atoms with van der Waals surface area (Å²) in [7, 11) is 0. The minimum Gasteiger partial charge on any atom is -0.464 e. The number of para-hydroxylation sites is 1. The van der Waals surface area contributed by atoms with Crippen molar-refractivity contribution in [3.8, 4) is 0 Å². The second-order valence-corrected chi connectivity index (χ2v) is 4.37. The topological polar surface area (TPSA) is 81.5 Å². The van der Waals surface area contributed by atoms with Crippen molar-refractivity contribution < 1.29 is 14.5 Å². The van der Waals surface area contributed by atoms with E-state index in [9.17, 15) is 14.9 Å². The summed E-state index contributed by atoms with van der Waals surface area (Å²) in [5, 5.41) is 13.7. The molecule has 0 heterocycles. The van der Waals surface area contributed by atoms with Crippen LogP contribution in [0.5, 0.6) is 0 Å². The maximum Gasteiger partial charge on any atom is 0.328 e. The Balaban J connectivity index is 2.94. The number of nitro groups is 1. The standard InChI is InChI=1S/C11H13BrN2O4/c1-3-18-11(15)7(2)13-9-6-4-5-8(12)10(9)14(16)17/h4-7,13H,3H2,1-2H3/t7-/m0/s1. The van der Waals surface area contributed by atoms with Gasteiger partial charge in [0, 0.05) is 0 Å². The fourth-order valence-electron chi connectivity index (χ4n) is 1.38. The molecule has 0 unspecified atom stereocenters. The second kappa shape index (κ2) is 6.34. The molecule has 0 fully saturated rings. The van der Waals surface area contributed by atoms with Crippen molar-refractivity contribution in [3.05, 3.63) is 32.8 Å². The molecule has 1 N–H and O–H groups in total. The smallest absolute Gasteiger partial charge is 0.328 e. The molecule has 0 aromatic heterocycles. The highest BCUT2D eigenvalue weighted by Crippen LogP contribution is 2.32. The van der Waals surface area contributed by atoms with Crippen LogP contribution in [0.25, 0.3) is 0 Å². The van der Waals surface area contributed by atoms with Crippen LogP contribution in [0.2, 0.25) is 0 Å². The number of carbonyl (C=O) groups is 1. The third-order valence-electron chi connectivity index (χ3n) is 2.18. The Morgan fingerprint density at radius 3 is 2.83 bits per heavy atom. The number of anilines is 1. The number of ether oxygens (including phenoxy) is 1. The Morgan fingerprint density at radius 1 is 1.61 bits per heavy atom. The Bertz CT molecular complexity index is 464. The molecule has 0 saturated heterocycles. The number of nitrogens with zero attached hydrogens (tertiary/aromatic N) is 1. The van der Waals surface area contributed by atoms with E-state index in [2.05, 4.69) is 21.2 Å². The molecular formula is C11H13BrN2O4. The van der Waals surface area contributed by atoms with Crippen LogP contribution >= 0.6 is 15.9 Å². The average molecular weight is 317 g/mol. The number of carbonyl (C=O) groups excluding carboxylic acids is 1. The zero-order valence-electron chi connectivity index (χ0n) is 9.97. The van der Waals surface area contributed by atoms with Crippen LogP contribution in [0, 0.1) is 10.1 Å². The predicted molar refractivity (Wildman–Crippen MR) is 70.5 cm³/mol. The van der Waals surface area contributed by atoms with E-state index in [1.165, 1.54) is 0 Å². The van der Waals surface area contributed by atoms with E-state index >= 15 is 0 Å². The molecule has 98 valence electrons. The van der Waals surface area contributed by atoms with Gasteiger partial charge in [0.05, 0.1) is 16.0 Å². The Hall–Kier alpha value is -1.63. The number of hydrogen-bond acceptors (Lipinski definition) is 5. The van der Waals surface area contributed by atoms with Gasteiger partial charge in [-0.15, -0.1) is 0 Å². The van der Waals surface area contributed by atoms with Crippen LogP contribution in [-0.4, -0.2) is 23.5 Å². The third kappa shape index (κ3) is 3.43. The summed E-state index contributed by atoms with van der Waals surface area (Å²) >= 11 is 3.11. The molecule has 1 aromatic carbocycles. The van der Waals surface area contributed by atoms with Crippen LogP contribution in [0.15, 0.2) is 22.7 Å². The van der Waals surface area contributed by atoms with E-state index in [0.717, 1.165) is 0 Å². The molecule has 0 aliphatic heterocycles. The van der Waals surface area contributed by atoms with Gasteiger partial charge in [-0.25, -0.2) is 4.79 Å². The molecule has 0 bridgehead atoms. The number of nitro benzene ring substituents is 1. The summed E-state index contributed by atoms with van der Waals surface area (Å²) in [5.74, 6) is -0.452. The Morgan fingerprint density at radius 2 is 2.28 bits per heavy atom. The van der Waals surface area contributed by atoms with Crippen molar-refractivity contribution in [1.29, 1.82) is 0 Å². The molecule has 0 saturated carbocycles. The minimum atomic E-state index is -0.655. The molecule has 1 aromatic rings. The van der Waals surface area contributed by atoms with Crippen molar-refractivity contribution >= 4 is 33.3 Å². The van der Waals surface area contributed by atoms with Gasteiger partial charge in [0.1, 0.15) is 11.7 Å². The quantitative estimate of drug-likeness (QED) is 0.513. The van der Waals surface area contributed by atoms with Gasteiger partial charge in [0.15, 0.2) is 0 Å². The first-order chi connectivity index (χ1) is 8.47. The fourth-order valence-corrected chi connectivity index (χ4v) is 1.89. The van der Waals surface area contributed by atoms with Gasteiger partial charge in [0.2, 0.25) is 0 Å². The molecule has 0 spiro atoms. The lowest BCUT2D eigenvalue weighted by atomic mass is 10.2. The predicted octanol–water partition coefficient (Wildman–Crippen LogP) is 2.72. The highest BCUT2D eigenvalue weighted by Gasteiger charge is 2.22. The molecule has 7 heteroatoms. The van der Waals surface area contributed by atoms with Gasteiger partial charge in [-0.3, -0.25) is 10.1 Å². The van der Waals surface area contributed by atoms with Crippen LogP contribution in [-0.2, 0) is 9.53 Å². The Kier molecular flexibility index (Phi) is 5.08. The molecule has 1 atom stereocenters. The number of esters is 1. The zero-order valence-corrected chi connectivity index (χ0v) is 11.6. The lowest BCUT2D eigenvalue weighted by molar-refractivity contribution is -0.384. The number of halogens is 1. The number of nitrogens with one attached hydrogen (secondary N) is 1. The van der Waals surface area contributed by atoms with Crippen molar-refractivity contribution in [2.75, 3.05) is 11.9 Å². The largest absolute Gasteiger partial charge is 0.464 e. The first-order valence-electron chi connectivity index (χ1n) is 5.33. The molecule has 0 aliphatic rings. The van der Waals surface area contributed by atoms with E-state index in [1.807, 2.05) is 0 Å². The van der Waals surface area contributed by atoms with Crippen molar-refractivity contribution in [2.24, 2.45) is 0 Å². The maximum atomic E-state index is 11.4. The van der Waals surface area contributed by atoms with E-state index < -0.39 is 16.9 Å². The summed E-state index contributed by atoms with van der Waals surface area (Å²) in [4.78, 5) is 21.9. The summed E-state index contributed by atoms with van der Waals surface area (Å²) in [6, 6.07) is 4.10. The van der Waals surface area contributed by atoms with Crippen LogP contribution in [0.1, 0.15) is 13.8 Å². The number of rotatable bonds is 5. The van der Waals surface area contributed by atoms with Gasteiger partial charge >= 0.3 is 11.7 Å². The number of benzene rings is 1. The van der Waals surface area contributed by atoms with Crippen molar-refractivity contribution in [3.63, 3.8) is 0 Å². The van der Waals surface area contributed by atoms with Gasteiger partial charge in [-0.1, -0.05) is 6.07 Å². The summed E-state index contributed by atoms with van der Waals surface area (Å²) in [6.45, 7) is 3.56. The van der Waals surface area contributed by atoms with Gasteiger partial charge in [-0.2, -0.15) is 0 Å². The minimum absolute atomic E-state index is 0.103. The lowest BCUT2D eigenvalue weighted by Gasteiger charge is -2.14. The molecule has 1 rings (SSSR count). The fraction of sp³-hybridized carbons (Fsp3) is 0.364. The normalized spacial score (nSPS) is 11.7. The third-order valence-corrected chi connectivity index (χ3v) is 2.82. The van der Waals surface area contributed by atoms with Crippen LogP contribution < -0.4 is 5.32 Å². The van der Waals surface area contributed by atoms with Crippen LogP contribution in [0.3, 0.4) is 0 Å². The van der Waals surface area contributed by atoms with E-state index in [0.29, 0.717) is 4.47 Å². The zero-order chi connectivity index (χ0) is 13.7. The summed E-state index contributed by atoms with van der Waals surface area (Å²) in [6.07, 6.45) is 0. The van der Waals surface area contributed by atoms with E-state index in [4.69, 9.17) is 4.74 Å². The molecule has 0 radical (unpaired) electrons. The molecule has 0 aliphatic carbocycles. The molecule has 6 nitrogen and oxygen atoms in total. The number of hydrogen-bond donors (Lipinski definition) is 1. The van der Waals surface area contributed by atoms with Crippen molar-refractivity contribution in [1.82, 2.24) is 0 Å². The molecular weight excluding hydrogens is 304 g/mol. The highest BCUT2D eigenvalue weighted by molar-refractivity contribution is 9.10. The first kappa shape index (κ1) is 14.4. The van der Waals surface area contributed by atoms with Crippen molar-refractivity contribution in [2.45, 2.75) is 19.9 Å². The molecule has 18 heavy (non-hydrogen) atoms. The van der Waals surface area contributed by atoms with Crippen LogP contribution in [0.4, 0.5) is 11.4 Å². The van der Waals surface area contributed by atoms with E-state index in [1.54, 1.807) is 32.0 Å².